The minimum atomic E-state index is -0.551. The maximum absolute atomic E-state index is 13.1. The summed E-state index contributed by atoms with van der Waals surface area (Å²) in [5.41, 5.74) is 3.86. The molecule has 0 spiro atoms. The zero-order valence-corrected chi connectivity index (χ0v) is 16.2. The molecule has 2 aliphatic carbocycles. The van der Waals surface area contributed by atoms with Gasteiger partial charge in [-0.25, -0.2) is 9.38 Å². The monoisotopic (exact) mass is 405 g/mol. The van der Waals surface area contributed by atoms with Crippen LogP contribution in [0.15, 0.2) is 64.3 Å². The lowest BCUT2D eigenvalue weighted by molar-refractivity contribution is -0.123. The maximum Gasteiger partial charge on any atom is 0.251 e. The Kier molecular flexibility index (Phi) is 4.46. The molecule has 0 aromatic heterocycles. The van der Waals surface area contributed by atoms with E-state index in [1.165, 1.54) is 34.7 Å². The van der Waals surface area contributed by atoms with E-state index in [0.717, 1.165) is 30.5 Å². The van der Waals surface area contributed by atoms with Crippen LogP contribution in [0.2, 0.25) is 0 Å². The first kappa shape index (κ1) is 18.7. The number of carbonyl (C=O) groups excluding carboxylic acids is 3. The second kappa shape index (κ2) is 7.16. The molecule has 5 rings (SSSR count). The predicted octanol–water partition coefficient (Wildman–Crippen LogP) is 2.83. The van der Waals surface area contributed by atoms with Crippen LogP contribution in [0.5, 0.6) is 0 Å². The van der Waals surface area contributed by atoms with Gasteiger partial charge in [0.1, 0.15) is 5.82 Å². The number of hydrogen-bond donors (Lipinski definition) is 1. The zero-order valence-electron chi connectivity index (χ0n) is 16.2. The van der Waals surface area contributed by atoms with E-state index in [4.69, 9.17) is 0 Å². The molecular weight excluding hydrogens is 385 g/mol. The van der Waals surface area contributed by atoms with Crippen molar-refractivity contribution in [2.75, 3.05) is 11.4 Å². The van der Waals surface area contributed by atoms with Crippen molar-refractivity contribution in [3.8, 4) is 0 Å². The van der Waals surface area contributed by atoms with Crippen molar-refractivity contribution in [2.24, 2.45) is 16.8 Å². The van der Waals surface area contributed by atoms with Crippen LogP contribution < -0.4 is 10.2 Å². The summed E-state index contributed by atoms with van der Waals surface area (Å²) < 4.78 is 13.1. The Morgan fingerprint density at radius 3 is 2.77 bits per heavy atom. The number of anilines is 1. The third-order valence-electron chi connectivity index (χ3n) is 6.12. The van der Waals surface area contributed by atoms with Crippen LogP contribution >= 0.6 is 0 Å². The summed E-state index contributed by atoms with van der Waals surface area (Å²) in [6.07, 6.45) is 8.34. The van der Waals surface area contributed by atoms with Crippen LogP contribution in [-0.4, -0.2) is 30.0 Å². The summed E-state index contributed by atoms with van der Waals surface area (Å²) in [7, 11) is 0. The van der Waals surface area contributed by atoms with Crippen molar-refractivity contribution >= 4 is 29.1 Å². The molecule has 0 saturated carbocycles. The molecule has 2 heterocycles. The molecule has 2 unspecified atom stereocenters. The standard InChI is InChI=1S/C23H20FN3O3/c24-14-4-7-16(8-5-14)27-12-13(10-21(27)28)22(29)25-15-6-9-18-17-2-1-3-19(17)23(30)26-20(18)11-15/h4-9,11,13,18H,1-3,10,12H2,(H,26,30). The molecule has 2 atom stereocenters. The van der Waals surface area contributed by atoms with Crippen molar-refractivity contribution < 1.29 is 18.8 Å². The van der Waals surface area contributed by atoms with Crippen molar-refractivity contribution in [1.29, 1.82) is 0 Å². The highest BCUT2D eigenvalue weighted by Gasteiger charge is 2.36. The first-order chi connectivity index (χ1) is 14.5. The van der Waals surface area contributed by atoms with Crippen molar-refractivity contribution in [1.82, 2.24) is 5.32 Å². The highest BCUT2D eigenvalue weighted by Crippen LogP contribution is 2.39. The molecule has 0 radical (unpaired) electrons. The van der Waals surface area contributed by atoms with Gasteiger partial charge in [0.25, 0.3) is 11.8 Å². The normalized spacial score (nSPS) is 26.6. The molecule has 1 aromatic rings. The second-order valence-corrected chi connectivity index (χ2v) is 8.00. The first-order valence-corrected chi connectivity index (χ1v) is 10.1. The Labute approximate surface area is 172 Å². The van der Waals surface area contributed by atoms with E-state index in [9.17, 15) is 18.8 Å². The minimum Gasteiger partial charge on any atom is -0.325 e. The fraction of sp³-hybridized carbons (Fsp3) is 0.304. The van der Waals surface area contributed by atoms with E-state index >= 15 is 0 Å². The van der Waals surface area contributed by atoms with Gasteiger partial charge in [-0.15, -0.1) is 0 Å². The summed E-state index contributed by atoms with van der Waals surface area (Å²) in [4.78, 5) is 43.0. The molecule has 1 saturated heterocycles. The summed E-state index contributed by atoms with van der Waals surface area (Å²) in [5, 5.41) is 2.93. The average molecular weight is 405 g/mol. The molecule has 0 bridgehead atoms. The van der Waals surface area contributed by atoms with E-state index in [1.54, 1.807) is 12.2 Å². The van der Waals surface area contributed by atoms with Crippen molar-refractivity contribution in [3.63, 3.8) is 0 Å². The Bertz CT molecular complexity index is 1080. The van der Waals surface area contributed by atoms with Crippen LogP contribution in [0.1, 0.15) is 25.7 Å². The van der Waals surface area contributed by atoms with Gasteiger partial charge in [0.05, 0.1) is 11.6 Å². The molecular formula is C23H20FN3O3. The maximum atomic E-state index is 13.1. The molecule has 1 fully saturated rings. The van der Waals surface area contributed by atoms with Gasteiger partial charge >= 0.3 is 0 Å². The Morgan fingerprint density at radius 2 is 1.97 bits per heavy atom. The van der Waals surface area contributed by atoms with Crippen LogP contribution in [0, 0.1) is 17.7 Å². The second-order valence-electron chi connectivity index (χ2n) is 8.00. The van der Waals surface area contributed by atoms with Gasteiger partial charge in [0.2, 0.25) is 5.91 Å². The summed E-state index contributed by atoms with van der Waals surface area (Å²) in [6, 6.07) is 5.63. The highest BCUT2D eigenvalue weighted by molar-refractivity contribution is 6.13. The molecule has 30 heavy (non-hydrogen) atoms. The van der Waals surface area contributed by atoms with Crippen molar-refractivity contribution in [3.05, 3.63) is 65.2 Å². The topological polar surface area (TPSA) is 78.8 Å². The molecule has 2 aliphatic heterocycles. The largest absolute Gasteiger partial charge is 0.325 e. The lowest BCUT2D eigenvalue weighted by Gasteiger charge is -2.28. The summed E-state index contributed by atoms with van der Waals surface area (Å²) in [5.74, 6) is -1.48. The Morgan fingerprint density at radius 1 is 1.17 bits per heavy atom. The summed E-state index contributed by atoms with van der Waals surface area (Å²) >= 11 is 0. The van der Waals surface area contributed by atoms with Crippen LogP contribution in [0.4, 0.5) is 10.1 Å². The lowest BCUT2D eigenvalue weighted by Crippen LogP contribution is -2.35. The number of benzene rings is 1. The highest BCUT2D eigenvalue weighted by atomic mass is 19.1. The molecule has 1 aromatic carbocycles. The van der Waals surface area contributed by atoms with Gasteiger partial charge in [0.15, 0.2) is 0 Å². The van der Waals surface area contributed by atoms with Crippen molar-refractivity contribution in [2.45, 2.75) is 25.7 Å². The molecule has 3 amide bonds. The van der Waals surface area contributed by atoms with Crippen LogP contribution in [0.3, 0.4) is 0 Å². The molecule has 1 N–H and O–H groups in total. The van der Waals surface area contributed by atoms with Gasteiger partial charge in [-0.2, -0.15) is 0 Å². The molecule has 6 nitrogen and oxygen atoms in total. The third kappa shape index (κ3) is 3.20. The number of carbonyl (C=O) groups is 3. The van der Waals surface area contributed by atoms with E-state index in [-0.39, 0.29) is 42.4 Å². The molecule has 7 heteroatoms. The first-order valence-electron chi connectivity index (χ1n) is 10.1. The number of fused-ring (bicyclic) bond motifs is 2. The number of halogens is 1. The van der Waals surface area contributed by atoms with Gasteiger partial charge in [0, 0.05) is 35.8 Å². The van der Waals surface area contributed by atoms with Crippen LogP contribution in [-0.2, 0) is 14.4 Å². The SMILES string of the molecule is O=C1NC2=CC(=NC(=O)C3CC(=O)N(c4ccc(F)cc4)C3)C=CC2C2=C1CCC2. The number of rotatable bonds is 2. The Hall–Kier alpha value is -3.35. The van der Waals surface area contributed by atoms with Crippen LogP contribution in [0.25, 0.3) is 0 Å². The van der Waals surface area contributed by atoms with E-state index < -0.39 is 5.92 Å². The lowest BCUT2D eigenvalue weighted by atomic mass is 9.85. The van der Waals surface area contributed by atoms with Gasteiger partial charge in [-0.3, -0.25) is 14.4 Å². The van der Waals surface area contributed by atoms with Gasteiger partial charge < -0.3 is 10.2 Å². The number of amides is 3. The van der Waals surface area contributed by atoms with Gasteiger partial charge in [-0.05, 0) is 61.3 Å². The minimum absolute atomic E-state index is 0.0521. The molecule has 152 valence electrons. The summed E-state index contributed by atoms with van der Waals surface area (Å²) in [6.45, 7) is 0.218. The smallest absolute Gasteiger partial charge is 0.251 e. The fourth-order valence-corrected chi connectivity index (χ4v) is 4.62. The Balaban J connectivity index is 1.32. The number of aliphatic imine (C=N–C) groups is 1. The quantitative estimate of drug-likeness (QED) is 0.822. The van der Waals surface area contributed by atoms with E-state index in [1.807, 2.05) is 6.08 Å². The number of nitrogens with zero attached hydrogens (tertiary/aromatic N) is 2. The number of allylic oxidation sites excluding steroid dienone is 3. The molecule has 4 aliphatic rings. The zero-order chi connectivity index (χ0) is 20.8. The average Bonchev–Trinajstić information content (AvgIpc) is 3.36. The predicted molar refractivity (Wildman–Crippen MR) is 109 cm³/mol. The fourth-order valence-electron chi connectivity index (χ4n) is 4.62. The van der Waals surface area contributed by atoms with E-state index in [0.29, 0.717) is 11.4 Å². The number of nitrogens with one attached hydrogen (secondary N) is 1. The third-order valence-corrected chi connectivity index (χ3v) is 6.12. The number of hydrogen-bond acceptors (Lipinski definition) is 3. The van der Waals surface area contributed by atoms with E-state index in [2.05, 4.69) is 10.3 Å². The van der Waals surface area contributed by atoms with Gasteiger partial charge in [-0.1, -0.05) is 6.08 Å².